The van der Waals surface area contributed by atoms with Crippen LogP contribution in [0, 0.1) is 0 Å². The molecule has 1 rings (SSSR count). The van der Waals surface area contributed by atoms with Gasteiger partial charge in [-0.1, -0.05) is 0 Å². The zero-order valence-electron chi connectivity index (χ0n) is 3.82. The van der Waals surface area contributed by atoms with Gasteiger partial charge in [0.05, 0.1) is 0 Å². The highest BCUT2D eigenvalue weighted by atomic mass is 19.2. The third kappa shape index (κ3) is 0.881. The van der Waals surface area contributed by atoms with Gasteiger partial charge in [-0.05, 0) is 0 Å². The summed E-state index contributed by atoms with van der Waals surface area (Å²) in [6.45, 7) is 0.363. The van der Waals surface area contributed by atoms with Crippen molar-refractivity contribution in [3.63, 3.8) is 0 Å². The second kappa shape index (κ2) is 1.74. The summed E-state index contributed by atoms with van der Waals surface area (Å²) < 4.78 is 23.8. The van der Waals surface area contributed by atoms with Gasteiger partial charge in [-0.25, -0.2) is 8.78 Å². The zero-order chi connectivity index (χ0) is 5.28. The van der Waals surface area contributed by atoms with Gasteiger partial charge in [0.2, 0.25) is 0 Å². The first-order valence-electron chi connectivity index (χ1n) is 2.29. The van der Waals surface area contributed by atoms with Crippen LogP contribution >= 0.6 is 0 Å². The summed E-state index contributed by atoms with van der Waals surface area (Å²) in [7, 11) is 0. The summed E-state index contributed by atoms with van der Waals surface area (Å²) in [4.78, 5) is 0. The lowest BCUT2D eigenvalue weighted by Crippen LogP contribution is -2.12. The van der Waals surface area contributed by atoms with E-state index in [1.54, 1.807) is 0 Å². The number of alkyl halides is 2. The molecule has 0 spiro atoms. The van der Waals surface area contributed by atoms with Crippen LogP contribution in [-0.2, 0) is 0 Å². The fraction of sp³-hybridized carbons (Fsp3) is 1.00. The van der Waals surface area contributed by atoms with Gasteiger partial charge in [-0.15, -0.1) is 0 Å². The van der Waals surface area contributed by atoms with Crippen LogP contribution in [-0.4, -0.2) is 25.4 Å². The van der Waals surface area contributed by atoms with Gasteiger partial charge in [0.15, 0.2) is 0 Å². The Hall–Kier alpha value is -0.180. The molecule has 1 fully saturated rings. The van der Waals surface area contributed by atoms with Crippen molar-refractivity contribution in [2.45, 2.75) is 12.3 Å². The zero-order valence-corrected chi connectivity index (χ0v) is 3.82. The van der Waals surface area contributed by atoms with E-state index in [9.17, 15) is 8.78 Å². The molecule has 1 saturated heterocycles. The topological polar surface area (TPSA) is 12.0 Å². The molecule has 2 atom stereocenters. The van der Waals surface area contributed by atoms with Gasteiger partial charge in [0, 0.05) is 13.1 Å². The van der Waals surface area contributed by atoms with Crippen LogP contribution in [0.5, 0.6) is 0 Å². The third-order valence-electron chi connectivity index (χ3n) is 1.07. The van der Waals surface area contributed by atoms with Crippen molar-refractivity contribution in [1.82, 2.24) is 5.32 Å². The van der Waals surface area contributed by atoms with Crippen molar-refractivity contribution in [2.24, 2.45) is 0 Å². The van der Waals surface area contributed by atoms with E-state index in [1.165, 1.54) is 0 Å². The number of hydrogen-bond acceptors (Lipinski definition) is 1. The molecule has 0 aromatic rings. The van der Waals surface area contributed by atoms with Gasteiger partial charge in [-0.3, -0.25) is 0 Å². The maximum atomic E-state index is 11.9. The predicted octanol–water partition coefficient (Wildman–Crippen LogP) is 0.266. The normalized spacial score (nSPS) is 42.0. The molecule has 0 aromatic heterocycles. The van der Waals surface area contributed by atoms with Gasteiger partial charge >= 0.3 is 0 Å². The van der Waals surface area contributed by atoms with Crippen molar-refractivity contribution in [3.8, 4) is 0 Å². The molecule has 0 saturated carbocycles. The van der Waals surface area contributed by atoms with E-state index in [1.807, 2.05) is 0 Å². The quantitative estimate of drug-likeness (QED) is 0.468. The van der Waals surface area contributed by atoms with Gasteiger partial charge in [0.25, 0.3) is 0 Å². The number of nitrogens with one attached hydrogen (secondary N) is 1. The average molecular weight is 107 g/mol. The maximum absolute atomic E-state index is 11.9. The van der Waals surface area contributed by atoms with Crippen LogP contribution in [0.1, 0.15) is 0 Å². The molecule has 0 radical (unpaired) electrons. The minimum absolute atomic E-state index is 0.182. The molecule has 1 aliphatic heterocycles. The lowest BCUT2D eigenvalue weighted by Gasteiger charge is -1.95. The molecule has 3 heteroatoms. The molecular weight excluding hydrogens is 100 g/mol. The highest BCUT2D eigenvalue weighted by Crippen LogP contribution is 2.06. The molecule has 0 unspecified atom stereocenters. The smallest absolute Gasteiger partial charge is 0.145 e. The van der Waals surface area contributed by atoms with Gasteiger partial charge in [0.1, 0.15) is 12.3 Å². The van der Waals surface area contributed by atoms with E-state index >= 15 is 0 Å². The molecule has 7 heavy (non-hydrogen) atoms. The molecule has 1 N–H and O–H groups in total. The van der Waals surface area contributed by atoms with Crippen molar-refractivity contribution >= 4 is 0 Å². The maximum Gasteiger partial charge on any atom is 0.145 e. The Morgan fingerprint density at radius 1 is 1.14 bits per heavy atom. The standard InChI is InChI=1S/C4H7F2N/c5-3-1-7-2-4(3)6/h3-4,7H,1-2H2/t3-,4-/m0/s1. The van der Waals surface area contributed by atoms with E-state index < -0.39 is 12.3 Å². The summed E-state index contributed by atoms with van der Waals surface area (Å²) in [6.07, 6.45) is -2.53. The lowest BCUT2D eigenvalue weighted by atomic mass is 10.3. The van der Waals surface area contributed by atoms with Crippen LogP contribution in [0.4, 0.5) is 8.78 Å². The minimum Gasteiger partial charge on any atom is -0.311 e. The van der Waals surface area contributed by atoms with E-state index in [0.717, 1.165) is 0 Å². The first kappa shape index (κ1) is 4.97. The third-order valence-corrected chi connectivity index (χ3v) is 1.07. The van der Waals surface area contributed by atoms with E-state index in [2.05, 4.69) is 5.32 Å². The fourth-order valence-corrected chi connectivity index (χ4v) is 0.615. The van der Waals surface area contributed by atoms with Crippen molar-refractivity contribution in [2.75, 3.05) is 13.1 Å². The molecule has 0 aliphatic carbocycles. The number of halogens is 2. The van der Waals surface area contributed by atoms with Crippen LogP contribution in [0.2, 0.25) is 0 Å². The summed E-state index contributed by atoms with van der Waals surface area (Å²) in [6, 6.07) is 0. The highest BCUT2D eigenvalue weighted by molar-refractivity contribution is 4.79. The summed E-state index contributed by atoms with van der Waals surface area (Å²) >= 11 is 0. The first-order chi connectivity index (χ1) is 3.30. The Morgan fingerprint density at radius 2 is 1.57 bits per heavy atom. The Morgan fingerprint density at radius 3 is 1.71 bits per heavy atom. The van der Waals surface area contributed by atoms with E-state index in [0.29, 0.717) is 0 Å². The Kier molecular flexibility index (Phi) is 1.23. The van der Waals surface area contributed by atoms with Crippen molar-refractivity contribution in [3.05, 3.63) is 0 Å². The van der Waals surface area contributed by atoms with Crippen LogP contribution in [0.15, 0.2) is 0 Å². The lowest BCUT2D eigenvalue weighted by molar-refractivity contribution is 0.217. The molecule has 1 nitrogen and oxygen atoms in total. The largest absolute Gasteiger partial charge is 0.311 e. The summed E-state index contributed by atoms with van der Waals surface area (Å²) in [5, 5.41) is 2.57. The second-order valence-electron chi connectivity index (χ2n) is 1.69. The van der Waals surface area contributed by atoms with Crippen LogP contribution in [0.25, 0.3) is 0 Å². The minimum atomic E-state index is -1.26. The average Bonchev–Trinajstić information content (AvgIpc) is 1.91. The second-order valence-corrected chi connectivity index (χ2v) is 1.69. The number of rotatable bonds is 0. The molecule has 1 heterocycles. The summed E-state index contributed by atoms with van der Waals surface area (Å²) in [5.41, 5.74) is 0. The number of hydrogen-bond donors (Lipinski definition) is 1. The first-order valence-corrected chi connectivity index (χ1v) is 2.29. The highest BCUT2D eigenvalue weighted by Gasteiger charge is 2.25. The molecule has 0 amide bonds. The van der Waals surface area contributed by atoms with E-state index in [4.69, 9.17) is 0 Å². The predicted molar refractivity (Wildman–Crippen MR) is 22.7 cm³/mol. The molecule has 42 valence electrons. The molecule has 0 bridgehead atoms. The molecule has 1 aliphatic rings. The van der Waals surface area contributed by atoms with Gasteiger partial charge < -0.3 is 5.32 Å². The Balaban J connectivity index is 2.33. The fourth-order valence-electron chi connectivity index (χ4n) is 0.615. The van der Waals surface area contributed by atoms with Crippen LogP contribution in [0.3, 0.4) is 0 Å². The SMILES string of the molecule is F[C@H]1CNC[C@@H]1F. The van der Waals surface area contributed by atoms with Gasteiger partial charge in [-0.2, -0.15) is 0 Å². The Bertz CT molecular complexity index is 58.7. The summed E-state index contributed by atoms with van der Waals surface area (Å²) in [5.74, 6) is 0. The monoisotopic (exact) mass is 107 g/mol. The van der Waals surface area contributed by atoms with Crippen molar-refractivity contribution < 1.29 is 8.78 Å². The molecule has 0 aromatic carbocycles. The molecular formula is C4H7F2N. The van der Waals surface area contributed by atoms with Crippen LogP contribution < -0.4 is 5.32 Å². The van der Waals surface area contributed by atoms with Crippen molar-refractivity contribution in [1.29, 1.82) is 0 Å². The Labute approximate surface area is 40.7 Å². The van der Waals surface area contributed by atoms with E-state index in [-0.39, 0.29) is 13.1 Å².